The van der Waals surface area contributed by atoms with Crippen molar-refractivity contribution in [1.29, 1.82) is 0 Å². The molecule has 3 aromatic rings. The fourth-order valence-electron chi connectivity index (χ4n) is 1.99. The molecule has 7 nitrogen and oxygen atoms in total. The number of nitrogens with zero attached hydrogens (tertiary/aromatic N) is 4. The second-order valence-corrected chi connectivity index (χ2v) is 4.15. The second-order valence-electron chi connectivity index (χ2n) is 4.15. The van der Waals surface area contributed by atoms with Crippen molar-refractivity contribution < 1.29 is 9.47 Å². The van der Waals surface area contributed by atoms with Crippen molar-refractivity contribution in [2.75, 3.05) is 14.2 Å². The fraction of sp³-hybridized carbons (Fsp3) is 0.143. The molecule has 0 saturated carbocycles. The molecule has 0 aliphatic heterocycles. The number of aromatic nitrogens is 5. The maximum absolute atomic E-state index is 5.31. The number of nitrogens with one attached hydrogen (secondary N) is 1. The van der Waals surface area contributed by atoms with Crippen molar-refractivity contribution in [1.82, 2.24) is 25.1 Å². The molecule has 0 aliphatic rings. The summed E-state index contributed by atoms with van der Waals surface area (Å²) < 4.78 is 10.3. The van der Waals surface area contributed by atoms with Gasteiger partial charge < -0.3 is 9.47 Å². The topological polar surface area (TPSA) is 85.8 Å². The molecular weight excluding hydrogens is 270 g/mol. The Morgan fingerprint density at radius 2 is 1.90 bits per heavy atom. The molecule has 106 valence electrons. The zero-order valence-corrected chi connectivity index (χ0v) is 11.6. The standard InChI is InChI=1S/C14H13N5O2/c1-20-13-10(7-16-14(18-13)21-2)9-8-17-19-12(9)11-5-3-4-6-15-11/h3-8H,1-2H3,(H,17,19). The third kappa shape index (κ3) is 2.40. The van der Waals surface area contributed by atoms with Gasteiger partial charge in [0.1, 0.15) is 0 Å². The highest BCUT2D eigenvalue weighted by molar-refractivity contribution is 5.80. The quantitative estimate of drug-likeness (QED) is 0.787. The minimum atomic E-state index is 0.249. The van der Waals surface area contributed by atoms with Crippen LogP contribution in [0.2, 0.25) is 0 Å². The molecule has 0 radical (unpaired) electrons. The summed E-state index contributed by atoms with van der Waals surface area (Å²) in [6.07, 6.45) is 5.06. The highest BCUT2D eigenvalue weighted by atomic mass is 16.5. The van der Waals surface area contributed by atoms with Crippen LogP contribution in [-0.2, 0) is 0 Å². The lowest BCUT2D eigenvalue weighted by molar-refractivity contribution is 0.353. The predicted molar refractivity (Wildman–Crippen MR) is 75.9 cm³/mol. The molecule has 0 saturated heterocycles. The van der Waals surface area contributed by atoms with Gasteiger partial charge in [0.05, 0.1) is 37.4 Å². The summed E-state index contributed by atoms with van der Waals surface area (Å²) in [5.41, 5.74) is 3.09. The van der Waals surface area contributed by atoms with Crippen LogP contribution >= 0.6 is 0 Å². The first-order valence-electron chi connectivity index (χ1n) is 6.23. The van der Waals surface area contributed by atoms with E-state index in [9.17, 15) is 0 Å². The number of H-pyrrole nitrogens is 1. The number of rotatable bonds is 4. The van der Waals surface area contributed by atoms with E-state index < -0.39 is 0 Å². The summed E-state index contributed by atoms with van der Waals surface area (Å²) in [4.78, 5) is 12.6. The monoisotopic (exact) mass is 283 g/mol. The van der Waals surface area contributed by atoms with Gasteiger partial charge >= 0.3 is 6.01 Å². The van der Waals surface area contributed by atoms with Crippen LogP contribution in [0, 0.1) is 0 Å². The molecule has 0 aromatic carbocycles. The van der Waals surface area contributed by atoms with Crippen LogP contribution in [0.4, 0.5) is 0 Å². The average Bonchev–Trinajstić information content (AvgIpc) is 3.04. The van der Waals surface area contributed by atoms with Gasteiger partial charge in [0, 0.05) is 18.0 Å². The minimum Gasteiger partial charge on any atom is -0.480 e. The van der Waals surface area contributed by atoms with Crippen LogP contribution in [0.3, 0.4) is 0 Å². The molecule has 0 bridgehead atoms. The van der Waals surface area contributed by atoms with Crippen molar-refractivity contribution in [2.45, 2.75) is 0 Å². The van der Waals surface area contributed by atoms with E-state index in [1.165, 1.54) is 7.11 Å². The Balaban J connectivity index is 2.12. The zero-order valence-electron chi connectivity index (χ0n) is 11.6. The molecular formula is C14H13N5O2. The van der Waals surface area contributed by atoms with E-state index in [2.05, 4.69) is 25.1 Å². The van der Waals surface area contributed by atoms with Crippen LogP contribution in [0.15, 0.2) is 36.8 Å². The van der Waals surface area contributed by atoms with Gasteiger partial charge in [-0.1, -0.05) is 6.07 Å². The molecule has 1 N–H and O–H groups in total. The third-order valence-electron chi connectivity index (χ3n) is 2.96. The van der Waals surface area contributed by atoms with Crippen LogP contribution in [0.25, 0.3) is 22.5 Å². The third-order valence-corrected chi connectivity index (χ3v) is 2.96. The van der Waals surface area contributed by atoms with Crippen molar-refractivity contribution >= 4 is 0 Å². The Kier molecular flexibility index (Phi) is 3.46. The van der Waals surface area contributed by atoms with Crippen LogP contribution < -0.4 is 9.47 Å². The first-order valence-corrected chi connectivity index (χ1v) is 6.23. The van der Waals surface area contributed by atoms with Crippen LogP contribution in [-0.4, -0.2) is 39.4 Å². The number of hydrogen-bond donors (Lipinski definition) is 1. The van der Waals surface area contributed by atoms with Crippen molar-refractivity contribution in [3.63, 3.8) is 0 Å². The SMILES string of the molecule is COc1ncc(-c2cn[nH]c2-c2ccccn2)c(OC)n1. The Labute approximate surface area is 121 Å². The number of ether oxygens (including phenoxy) is 2. The fourth-order valence-corrected chi connectivity index (χ4v) is 1.99. The average molecular weight is 283 g/mol. The Morgan fingerprint density at radius 3 is 2.62 bits per heavy atom. The van der Waals surface area contributed by atoms with E-state index in [-0.39, 0.29) is 6.01 Å². The molecule has 0 unspecified atom stereocenters. The van der Waals surface area contributed by atoms with Crippen molar-refractivity contribution in [3.8, 4) is 34.4 Å². The number of aromatic amines is 1. The molecule has 0 amide bonds. The van der Waals surface area contributed by atoms with Gasteiger partial charge in [0.15, 0.2) is 0 Å². The molecule has 7 heteroatoms. The summed E-state index contributed by atoms with van der Waals surface area (Å²) in [6.45, 7) is 0. The van der Waals surface area contributed by atoms with Crippen molar-refractivity contribution in [3.05, 3.63) is 36.8 Å². The lowest BCUT2D eigenvalue weighted by atomic mass is 10.1. The normalized spacial score (nSPS) is 10.4. The zero-order chi connectivity index (χ0) is 14.7. The van der Waals surface area contributed by atoms with Gasteiger partial charge in [0.2, 0.25) is 5.88 Å². The maximum Gasteiger partial charge on any atom is 0.319 e. The highest BCUT2D eigenvalue weighted by Crippen LogP contribution is 2.34. The number of methoxy groups -OCH3 is 2. The highest BCUT2D eigenvalue weighted by Gasteiger charge is 2.17. The van der Waals surface area contributed by atoms with E-state index in [0.717, 1.165) is 17.0 Å². The van der Waals surface area contributed by atoms with Gasteiger partial charge in [0.25, 0.3) is 0 Å². The van der Waals surface area contributed by atoms with E-state index >= 15 is 0 Å². The van der Waals surface area contributed by atoms with Crippen LogP contribution in [0.1, 0.15) is 0 Å². The van der Waals surface area contributed by atoms with Crippen LogP contribution in [0.5, 0.6) is 11.9 Å². The lowest BCUT2D eigenvalue weighted by Crippen LogP contribution is -1.98. The molecule has 3 heterocycles. The molecule has 0 aliphatic carbocycles. The van der Waals surface area contributed by atoms with Gasteiger partial charge in [-0.2, -0.15) is 10.1 Å². The van der Waals surface area contributed by atoms with Crippen molar-refractivity contribution in [2.24, 2.45) is 0 Å². The van der Waals surface area contributed by atoms with E-state index in [4.69, 9.17) is 9.47 Å². The molecule has 0 atom stereocenters. The second kappa shape index (κ2) is 5.58. The lowest BCUT2D eigenvalue weighted by Gasteiger charge is -2.08. The number of hydrogen-bond acceptors (Lipinski definition) is 6. The maximum atomic E-state index is 5.31. The Morgan fingerprint density at radius 1 is 1.00 bits per heavy atom. The predicted octanol–water partition coefficient (Wildman–Crippen LogP) is 1.95. The van der Waals surface area contributed by atoms with E-state index in [1.54, 1.807) is 25.7 Å². The first kappa shape index (κ1) is 13.0. The summed E-state index contributed by atoms with van der Waals surface area (Å²) >= 11 is 0. The largest absolute Gasteiger partial charge is 0.480 e. The number of pyridine rings is 1. The summed E-state index contributed by atoms with van der Waals surface area (Å²) in [5.74, 6) is 0.417. The molecule has 0 fully saturated rings. The van der Waals surface area contributed by atoms with Gasteiger partial charge in [-0.25, -0.2) is 4.98 Å². The molecule has 21 heavy (non-hydrogen) atoms. The molecule has 3 aromatic heterocycles. The van der Waals surface area contributed by atoms with Gasteiger partial charge in [-0.15, -0.1) is 0 Å². The summed E-state index contributed by atoms with van der Waals surface area (Å²) in [5, 5.41) is 7.03. The summed E-state index contributed by atoms with van der Waals surface area (Å²) in [7, 11) is 3.05. The van der Waals surface area contributed by atoms with Gasteiger partial charge in [-0.3, -0.25) is 10.1 Å². The van der Waals surface area contributed by atoms with E-state index in [0.29, 0.717) is 11.4 Å². The first-order chi connectivity index (χ1) is 10.3. The smallest absolute Gasteiger partial charge is 0.319 e. The minimum absolute atomic E-state index is 0.249. The van der Waals surface area contributed by atoms with E-state index in [1.807, 2.05) is 18.2 Å². The summed E-state index contributed by atoms with van der Waals surface area (Å²) in [6, 6.07) is 5.91. The Hall–Kier alpha value is -2.96. The molecule has 3 rings (SSSR count). The van der Waals surface area contributed by atoms with Gasteiger partial charge in [-0.05, 0) is 12.1 Å². The Bertz CT molecular complexity index is 742. The molecule has 0 spiro atoms.